The zero-order chi connectivity index (χ0) is 44.5. The van der Waals surface area contributed by atoms with Crippen LogP contribution >= 0.6 is 11.3 Å². The molecule has 1 aliphatic carbocycles. The summed E-state index contributed by atoms with van der Waals surface area (Å²) < 4.78 is 10.1. The highest BCUT2D eigenvalue weighted by Gasteiger charge is 2.53. The summed E-state index contributed by atoms with van der Waals surface area (Å²) in [4.78, 5) is 2.41. The van der Waals surface area contributed by atoms with Crippen LogP contribution in [0.1, 0.15) is 22.3 Å². The van der Waals surface area contributed by atoms with E-state index in [1.54, 1.807) is 0 Å². The molecule has 0 bridgehead atoms. The Morgan fingerprint density at radius 1 is 0.338 bits per heavy atom. The minimum atomic E-state index is -0.700. The summed E-state index contributed by atoms with van der Waals surface area (Å²) in [5.74, 6) is 1.87. The first-order chi connectivity index (χ1) is 33.8. The van der Waals surface area contributed by atoms with Crippen molar-refractivity contribution in [2.75, 3.05) is 4.90 Å². The van der Waals surface area contributed by atoms with Gasteiger partial charge in [0.15, 0.2) is 0 Å². The molecule has 0 fully saturated rings. The number of para-hydroxylation sites is 1. The van der Waals surface area contributed by atoms with Crippen LogP contribution in [0, 0.1) is 0 Å². The summed E-state index contributed by atoms with van der Waals surface area (Å²) in [6.07, 6.45) is 0. The van der Waals surface area contributed by atoms with Crippen LogP contribution in [0.5, 0.6) is 11.5 Å². The number of rotatable bonds is 4. The maximum Gasteiger partial charge on any atom is 0.140 e. The second kappa shape index (κ2) is 14.3. The quantitative estimate of drug-likeness (QED) is 0.163. The highest BCUT2D eigenvalue weighted by molar-refractivity contribution is 7.26. The molecule has 15 rings (SSSR count). The fraction of sp³-hybridized carbons (Fsp3) is 0.0154. The van der Waals surface area contributed by atoms with E-state index in [1.807, 2.05) is 11.3 Å². The summed E-state index contributed by atoms with van der Waals surface area (Å²) in [6.45, 7) is 0. The average molecular weight is 882 g/mol. The highest BCUT2D eigenvalue weighted by atomic mass is 32.1. The van der Waals surface area contributed by atoms with E-state index in [2.05, 4.69) is 241 Å². The van der Waals surface area contributed by atoms with Gasteiger partial charge < -0.3 is 9.64 Å². The summed E-state index contributed by atoms with van der Waals surface area (Å²) >= 11 is 1.86. The van der Waals surface area contributed by atoms with Crippen LogP contribution in [-0.4, -0.2) is 0 Å². The van der Waals surface area contributed by atoms with E-state index in [0.29, 0.717) is 0 Å². The van der Waals surface area contributed by atoms with Gasteiger partial charge in [-0.25, -0.2) is 0 Å². The third kappa shape index (κ3) is 5.06. The number of fused-ring (bicyclic) bond motifs is 22. The minimum absolute atomic E-state index is 0.700. The van der Waals surface area contributed by atoms with Crippen molar-refractivity contribution in [2.45, 2.75) is 5.41 Å². The molecule has 2 aliphatic rings. The van der Waals surface area contributed by atoms with E-state index >= 15 is 0 Å². The van der Waals surface area contributed by atoms with Crippen molar-refractivity contribution in [1.29, 1.82) is 0 Å². The molecule has 68 heavy (non-hydrogen) atoms. The van der Waals surface area contributed by atoms with Gasteiger partial charge >= 0.3 is 0 Å². The molecule has 0 saturated carbocycles. The second-order valence-corrected chi connectivity index (χ2v) is 19.3. The number of hydrogen-bond acceptors (Lipinski definition) is 3. The van der Waals surface area contributed by atoms with E-state index < -0.39 is 5.41 Å². The van der Waals surface area contributed by atoms with Crippen molar-refractivity contribution >= 4 is 91.7 Å². The Morgan fingerprint density at radius 2 is 0.824 bits per heavy atom. The third-order valence-electron chi connectivity index (χ3n) is 14.9. The van der Waals surface area contributed by atoms with E-state index in [-0.39, 0.29) is 0 Å². The number of anilines is 3. The lowest BCUT2D eigenvalue weighted by atomic mass is 9.63. The zero-order valence-corrected chi connectivity index (χ0v) is 37.6. The maximum atomic E-state index is 7.56. The predicted molar refractivity (Wildman–Crippen MR) is 287 cm³/mol. The number of thiophene rings is 1. The number of benzene rings is 12. The van der Waals surface area contributed by atoms with Gasteiger partial charge in [0.05, 0.1) is 15.8 Å². The van der Waals surface area contributed by atoms with E-state index in [4.69, 9.17) is 4.74 Å². The molecule has 0 amide bonds. The largest absolute Gasteiger partial charge is 0.455 e. The maximum absolute atomic E-state index is 7.56. The van der Waals surface area contributed by atoms with E-state index in [1.165, 1.54) is 103 Å². The fourth-order valence-corrected chi connectivity index (χ4v) is 13.3. The Kier molecular flexibility index (Phi) is 7.90. The highest BCUT2D eigenvalue weighted by Crippen LogP contribution is 2.67. The van der Waals surface area contributed by atoms with Crippen LogP contribution in [0.15, 0.2) is 237 Å². The fourth-order valence-electron chi connectivity index (χ4n) is 12.1. The lowest BCUT2D eigenvalue weighted by molar-refractivity contribution is 0.451. The van der Waals surface area contributed by atoms with Crippen LogP contribution in [-0.2, 0) is 5.41 Å². The monoisotopic (exact) mass is 881 g/mol. The zero-order valence-electron chi connectivity index (χ0n) is 36.8. The van der Waals surface area contributed by atoms with Gasteiger partial charge in [-0.3, -0.25) is 0 Å². The van der Waals surface area contributed by atoms with Crippen LogP contribution in [0.4, 0.5) is 17.1 Å². The van der Waals surface area contributed by atoms with Gasteiger partial charge in [-0.1, -0.05) is 194 Å². The van der Waals surface area contributed by atoms with Gasteiger partial charge in [0.1, 0.15) is 11.5 Å². The average Bonchev–Trinajstić information content (AvgIpc) is 3.93. The van der Waals surface area contributed by atoms with Gasteiger partial charge in [0.25, 0.3) is 0 Å². The molecule has 1 aromatic heterocycles. The number of hydrogen-bond donors (Lipinski definition) is 0. The Labute approximate surface area is 397 Å². The lowest BCUT2D eigenvalue weighted by Crippen LogP contribution is -2.33. The van der Waals surface area contributed by atoms with Crippen LogP contribution < -0.4 is 9.64 Å². The first-order valence-corrected chi connectivity index (χ1v) is 24.2. The molecule has 0 radical (unpaired) electrons. The summed E-state index contributed by atoms with van der Waals surface area (Å²) in [5, 5.41) is 12.1. The SMILES string of the molecule is c1ccc(N(c2ccc(-c3ccc4c(c3)-c3ccccc3C43c4c(c5ccccc5c5ccccc45)Oc4c3c3ccccc3c3ccccc43)cc2)c2cccc3c2sc2ccccc23)cc1. The Balaban J connectivity index is 0.972. The molecule has 316 valence electrons. The van der Waals surface area contributed by atoms with Crippen LogP contribution in [0.25, 0.3) is 85.5 Å². The molecule has 0 atom stereocenters. The molecule has 1 spiro atoms. The van der Waals surface area contributed by atoms with Crippen molar-refractivity contribution in [1.82, 2.24) is 0 Å². The van der Waals surface area contributed by atoms with Gasteiger partial charge in [-0.15, -0.1) is 11.3 Å². The molecule has 0 N–H and O–H groups in total. The molecule has 3 heteroatoms. The van der Waals surface area contributed by atoms with Gasteiger partial charge in [-0.2, -0.15) is 0 Å². The van der Waals surface area contributed by atoms with Gasteiger partial charge in [0.2, 0.25) is 0 Å². The Morgan fingerprint density at radius 3 is 1.49 bits per heavy atom. The number of nitrogens with zero attached hydrogens (tertiary/aromatic N) is 1. The lowest BCUT2D eigenvalue weighted by Gasteiger charge is -2.42. The van der Waals surface area contributed by atoms with Crippen molar-refractivity contribution in [3.8, 4) is 33.8 Å². The molecular formula is C65H39NOS. The Hall–Kier alpha value is -8.50. The molecule has 2 heterocycles. The molecule has 12 aromatic carbocycles. The minimum Gasteiger partial charge on any atom is -0.455 e. The van der Waals surface area contributed by atoms with E-state index in [9.17, 15) is 0 Å². The molecule has 13 aromatic rings. The molecule has 2 nitrogen and oxygen atoms in total. The first-order valence-electron chi connectivity index (χ1n) is 23.4. The third-order valence-corrected chi connectivity index (χ3v) is 16.1. The van der Waals surface area contributed by atoms with Crippen molar-refractivity contribution in [2.24, 2.45) is 0 Å². The predicted octanol–water partition coefficient (Wildman–Crippen LogP) is 18.3. The summed E-state index contributed by atoms with van der Waals surface area (Å²) in [7, 11) is 0. The molecule has 0 saturated heterocycles. The molecular weight excluding hydrogens is 843 g/mol. The van der Waals surface area contributed by atoms with Crippen molar-refractivity contribution in [3.05, 3.63) is 259 Å². The smallest absolute Gasteiger partial charge is 0.140 e. The first kappa shape index (κ1) is 37.7. The van der Waals surface area contributed by atoms with Crippen molar-refractivity contribution < 1.29 is 4.74 Å². The standard InChI is InChI=1S/C65H39NOS/c1-2-17-42(18-3-1)66(58-31-16-29-54-49-24-13-15-32-59(49)68-64(54)58)43-36-33-40(34-37-43)41-35-38-57-55(39-41)48-23-12-14-30-56(48)65(57)60-50-25-8-4-19-44(50)46-21-6-10-27-52(46)62(60)67-63-53-28-11-7-22-47(53)45-20-5-9-26-51(45)61(63)65/h1-39H. The van der Waals surface area contributed by atoms with E-state index in [0.717, 1.165) is 33.6 Å². The van der Waals surface area contributed by atoms with Crippen LogP contribution in [0.3, 0.4) is 0 Å². The van der Waals surface area contributed by atoms with Gasteiger partial charge in [-0.05, 0) is 108 Å². The molecule has 0 unspecified atom stereocenters. The summed E-state index contributed by atoms with van der Waals surface area (Å²) in [6, 6.07) is 87.3. The van der Waals surface area contributed by atoms with Gasteiger partial charge in [0, 0.05) is 48.7 Å². The van der Waals surface area contributed by atoms with Crippen LogP contribution in [0.2, 0.25) is 0 Å². The second-order valence-electron chi connectivity index (χ2n) is 18.2. The molecule has 1 aliphatic heterocycles. The number of ether oxygens (including phenoxy) is 1. The topological polar surface area (TPSA) is 12.5 Å². The normalized spacial score (nSPS) is 13.2. The summed E-state index contributed by atoms with van der Waals surface area (Å²) in [5.41, 5.74) is 12.5. The van der Waals surface area contributed by atoms with Crippen molar-refractivity contribution in [3.63, 3.8) is 0 Å². The Bertz CT molecular complexity index is 4120.